The van der Waals surface area contributed by atoms with Crippen molar-refractivity contribution in [3.63, 3.8) is 0 Å². The lowest BCUT2D eigenvalue weighted by Crippen LogP contribution is -2.09. The van der Waals surface area contributed by atoms with Crippen molar-refractivity contribution in [1.82, 2.24) is 10.2 Å². The maximum absolute atomic E-state index is 5.76. The summed E-state index contributed by atoms with van der Waals surface area (Å²) >= 11 is 11.4. The summed E-state index contributed by atoms with van der Waals surface area (Å²) < 4.78 is 15.5. The van der Waals surface area contributed by atoms with Crippen molar-refractivity contribution in [2.45, 2.75) is 6.42 Å². The number of nitrogens with zero attached hydrogens (tertiary/aromatic N) is 2. The molecule has 0 radical (unpaired) electrons. The van der Waals surface area contributed by atoms with Gasteiger partial charge in [-0.05, 0) is 6.42 Å². The minimum atomic E-state index is 0.189. The Hall–Kier alpha value is -0.620. The zero-order chi connectivity index (χ0) is 12.5. The van der Waals surface area contributed by atoms with Crippen LogP contribution in [0.3, 0.4) is 0 Å². The molecule has 0 aromatic carbocycles. The van der Waals surface area contributed by atoms with Crippen molar-refractivity contribution < 1.29 is 14.2 Å². The van der Waals surface area contributed by atoms with E-state index in [0.717, 1.165) is 6.42 Å². The van der Waals surface area contributed by atoms with Crippen LogP contribution in [0.15, 0.2) is 6.07 Å². The third-order valence-corrected chi connectivity index (χ3v) is 2.26. The van der Waals surface area contributed by atoms with Crippen molar-refractivity contribution in [1.29, 1.82) is 0 Å². The van der Waals surface area contributed by atoms with Gasteiger partial charge in [-0.15, -0.1) is 10.2 Å². The molecule has 96 valence electrons. The predicted molar refractivity (Wildman–Crippen MR) is 64.9 cm³/mol. The van der Waals surface area contributed by atoms with Gasteiger partial charge < -0.3 is 14.2 Å². The van der Waals surface area contributed by atoms with Gasteiger partial charge in [0.05, 0.1) is 6.61 Å². The van der Waals surface area contributed by atoms with E-state index >= 15 is 0 Å². The molecule has 0 saturated heterocycles. The predicted octanol–water partition coefficient (Wildman–Crippen LogP) is 2.22. The highest BCUT2D eigenvalue weighted by Gasteiger charge is 2.04. The minimum absolute atomic E-state index is 0.189. The lowest BCUT2D eigenvalue weighted by Gasteiger charge is -2.07. The molecule has 0 amide bonds. The van der Waals surface area contributed by atoms with Crippen LogP contribution in [0.1, 0.15) is 6.42 Å². The summed E-state index contributed by atoms with van der Waals surface area (Å²) in [5.74, 6) is 0.409. The fourth-order valence-corrected chi connectivity index (χ4v) is 1.34. The number of methoxy groups -OCH3 is 1. The van der Waals surface area contributed by atoms with E-state index in [0.29, 0.717) is 32.2 Å². The molecule has 0 fully saturated rings. The number of halogens is 2. The largest absolute Gasteiger partial charge is 0.488 e. The highest BCUT2D eigenvalue weighted by Crippen LogP contribution is 2.23. The average molecular weight is 281 g/mol. The van der Waals surface area contributed by atoms with Crippen LogP contribution >= 0.6 is 23.2 Å². The molecule has 0 atom stereocenters. The van der Waals surface area contributed by atoms with Crippen LogP contribution < -0.4 is 4.74 Å². The van der Waals surface area contributed by atoms with Gasteiger partial charge in [0.15, 0.2) is 16.1 Å². The number of hydrogen-bond donors (Lipinski definition) is 0. The average Bonchev–Trinajstić information content (AvgIpc) is 2.32. The van der Waals surface area contributed by atoms with Gasteiger partial charge >= 0.3 is 0 Å². The summed E-state index contributed by atoms with van der Waals surface area (Å²) in [6.45, 7) is 2.19. The molecular weight excluding hydrogens is 267 g/mol. The van der Waals surface area contributed by atoms with Crippen LogP contribution in [0.5, 0.6) is 5.75 Å². The van der Waals surface area contributed by atoms with E-state index in [1.165, 1.54) is 6.07 Å². The van der Waals surface area contributed by atoms with Crippen molar-refractivity contribution in [2.75, 3.05) is 33.5 Å². The Labute approximate surface area is 110 Å². The van der Waals surface area contributed by atoms with Gasteiger partial charge in [0.1, 0.15) is 6.61 Å². The molecule has 0 saturated carbocycles. The first kappa shape index (κ1) is 14.4. The van der Waals surface area contributed by atoms with E-state index in [4.69, 9.17) is 37.4 Å². The molecule has 0 unspecified atom stereocenters. The third kappa shape index (κ3) is 6.02. The lowest BCUT2D eigenvalue weighted by atomic mass is 10.5. The summed E-state index contributed by atoms with van der Waals surface area (Å²) in [4.78, 5) is 0. The van der Waals surface area contributed by atoms with Gasteiger partial charge in [0.2, 0.25) is 0 Å². The molecule has 5 nitrogen and oxygen atoms in total. The van der Waals surface area contributed by atoms with Crippen molar-refractivity contribution in [3.05, 3.63) is 16.4 Å². The first-order chi connectivity index (χ1) is 8.24. The Morgan fingerprint density at radius 2 is 1.94 bits per heavy atom. The van der Waals surface area contributed by atoms with Gasteiger partial charge in [-0.25, -0.2) is 0 Å². The molecule has 1 aromatic heterocycles. The van der Waals surface area contributed by atoms with Crippen LogP contribution in [0.4, 0.5) is 0 Å². The molecular formula is C10H14Cl2N2O3. The second-order valence-electron chi connectivity index (χ2n) is 3.13. The quantitative estimate of drug-likeness (QED) is 0.684. The molecule has 0 N–H and O–H groups in total. The zero-order valence-corrected chi connectivity index (χ0v) is 11.0. The van der Waals surface area contributed by atoms with Crippen LogP contribution in [0.2, 0.25) is 10.3 Å². The van der Waals surface area contributed by atoms with Crippen molar-refractivity contribution in [3.8, 4) is 5.75 Å². The molecule has 1 heterocycles. The van der Waals surface area contributed by atoms with E-state index in [1.54, 1.807) is 7.11 Å². The molecule has 7 heteroatoms. The first-order valence-corrected chi connectivity index (χ1v) is 5.88. The summed E-state index contributed by atoms with van der Waals surface area (Å²) in [6, 6.07) is 1.52. The van der Waals surface area contributed by atoms with E-state index in [1.807, 2.05) is 0 Å². The number of rotatable bonds is 8. The third-order valence-electron chi connectivity index (χ3n) is 1.81. The highest BCUT2D eigenvalue weighted by atomic mass is 35.5. The summed E-state index contributed by atoms with van der Waals surface area (Å²) in [5.41, 5.74) is 0. The van der Waals surface area contributed by atoms with Gasteiger partial charge in [-0.1, -0.05) is 23.2 Å². The summed E-state index contributed by atoms with van der Waals surface area (Å²) in [6.07, 6.45) is 0.861. The number of aromatic nitrogens is 2. The Morgan fingerprint density at radius 1 is 1.12 bits per heavy atom. The first-order valence-electron chi connectivity index (χ1n) is 5.12. The fraction of sp³-hybridized carbons (Fsp3) is 0.600. The normalized spacial score (nSPS) is 10.5. The van der Waals surface area contributed by atoms with E-state index in [-0.39, 0.29) is 10.3 Å². The maximum atomic E-state index is 5.76. The van der Waals surface area contributed by atoms with E-state index in [2.05, 4.69) is 10.2 Å². The summed E-state index contributed by atoms with van der Waals surface area (Å²) in [7, 11) is 1.66. The standard InChI is InChI=1S/C10H14Cl2N2O3/c1-15-3-2-4-16-5-6-17-8-7-9(11)13-14-10(8)12/h7H,2-6H2,1H3. The van der Waals surface area contributed by atoms with Gasteiger partial charge in [0, 0.05) is 26.4 Å². The van der Waals surface area contributed by atoms with Crippen molar-refractivity contribution in [2.24, 2.45) is 0 Å². The Bertz CT molecular complexity index is 339. The van der Waals surface area contributed by atoms with Crippen molar-refractivity contribution >= 4 is 23.2 Å². The minimum Gasteiger partial charge on any atom is -0.488 e. The monoisotopic (exact) mass is 280 g/mol. The topological polar surface area (TPSA) is 53.5 Å². The van der Waals surface area contributed by atoms with Crippen LogP contribution in [-0.2, 0) is 9.47 Å². The van der Waals surface area contributed by atoms with E-state index in [9.17, 15) is 0 Å². The SMILES string of the molecule is COCCCOCCOc1cc(Cl)nnc1Cl. The number of hydrogen-bond acceptors (Lipinski definition) is 5. The molecule has 1 aromatic rings. The summed E-state index contributed by atoms with van der Waals surface area (Å²) in [5, 5.41) is 7.62. The van der Waals surface area contributed by atoms with Gasteiger partial charge in [-0.3, -0.25) is 0 Å². The van der Waals surface area contributed by atoms with E-state index < -0.39 is 0 Å². The second kappa shape index (κ2) is 8.47. The zero-order valence-electron chi connectivity index (χ0n) is 9.49. The number of ether oxygens (including phenoxy) is 3. The molecule has 0 bridgehead atoms. The lowest BCUT2D eigenvalue weighted by molar-refractivity contribution is 0.0805. The Morgan fingerprint density at radius 3 is 2.71 bits per heavy atom. The smallest absolute Gasteiger partial charge is 0.193 e. The van der Waals surface area contributed by atoms with Crippen LogP contribution in [0.25, 0.3) is 0 Å². The maximum Gasteiger partial charge on any atom is 0.193 e. The van der Waals surface area contributed by atoms with Crippen LogP contribution in [0, 0.1) is 0 Å². The van der Waals surface area contributed by atoms with Gasteiger partial charge in [0.25, 0.3) is 0 Å². The van der Waals surface area contributed by atoms with Crippen LogP contribution in [-0.4, -0.2) is 43.7 Å². The Kier molecular flexibility index (Phi) is 7.19. The molecule has 0 aliphatic heterocycles. The highest BCUT2D eigenvalue weighted by molar-refractivity contribution is 6.32. The molecule has 17 heavy (non-hydrogen) atoms. The Balaban J connectivity index is 2.15. The molecule has 0 spiro atoms. The second-order valence-corrected chi connectivity index (χ2v) is 3.87. The molecule has 0 aliphatic carbocycles. The fourth-order valence-electron chi connectivity index (χ4n) is 1.06. The molecule has 0 aliphatic rings. The van der Waals surface area contributed by atoms with Gasteiger partial charge in [-0.2, -0.15) is 0 Å². The molecule has 1 rings (SSSR count).